The maximum Gasteiger partial charge on any atom is 0.0951 e. The maximum atomic E-state index is 5.05. The third kappa shape index (κ3) is 3.94. The minimum atomic E-state index is 0.466. The summed E-state index contributed by atoms with van der Waals surface area (Å²) in [7, 11) is 1.74. The molecule has 0 spiro atoms. The summed E-state index contributed by atoms with van der Waals surface area (Å²) >= 11 is 0. The molecule has 1 rings (SSSR count). The molecular weight excluding hydrogens is 202 g/mol. The summed E-state index contributed by atoms with van der Waals surface area (Å²) in [6.45, 7) is 8.18. The van der Waals surface area contributed by atoms with E-state index in [0.717, 1.165) is 19.6 Å². The predicted octanol–water partition coefficient (Wildman–Crippen LogP) is 1.98. The third-order valence-electron chi connectivity index (χ3n) is 2.69. The number of hydrogen-bond acceptors (Lipinski definition) is 3. The van der Waals surface area contributed by atoms with Crippen LogP contribution >= 0.6 is 0 Å². The minimum absolute atomic E-state index is 0.466. The molecule has 0 amide bonds. The first kappa shape index (κ1) is 13.2. The van der Waals surface area contributed by atoms with Gasteiger partial charge in [-0.25, -0.2) is 4.98 Å². The van der Waals surface area contributed by atoms with E-state index in [9.17, 15) is 0 Å². The van der Waals surface area contributed by atoms with Crippen molar-refractivity contribution in [1.29, 1.82) is 0 Å². The molecule has 0 aromatic carbocycles. The van der Waals surface area contributed by atoms with Gasteiger partial charge in [0, 0.05) is 38.5 Å². The lowest BCUT2D eigenvalue weighted by Crippen LogP contribution is -2.27. The van der Waals surface area contributed by atoms with Gasteiger partial charge in [0.25, 0.3) is 0 Å². The summed E-state index contributed by atoms with van der Waals surface area (Å²) in [4.78, 5) is 4.18. The fraction of sp³-hybridized carbons (Fsp3) is 0.750. The molecule has 1 aromatic heterocycles. The molecule has 0 fully saturated rings. The van der Waals surface area contributed by atoms with Gasteiger partial charge in [-0.3, -0.25) is 0 Å². The third-order valence-corrected chi connectivity index (χ3v) is 2.69. The quantitative estimate of drug-likeness (QED) is 0.771. The second-order valence-corrected chi connectivity index (χ2v) is 4.45. The van der Waals surface area contributed by atoms with Gasteiger partial charge in [0.15, 0.2) is 0 Å². The van der Waals surface area contributed by atoms with Crippen molar-refractivity contribution >= 4 is 0 Å². The van der Waals surface area contributed by atoms with Crippen LogP contribution in [0.25, 0.3) is 0 Å². The summed E-state index contributed by atoms with van der Waals surface area (Å²) in [6, 6.07) is 0.934. The molecule has 0 bridgehead atoms. The van der Waals surface area contributed by atoms with Gasteiger partial charge in [0.1, 0.15) is 0 Å². The van der Waals surface area contributed by atoms with Crippen LogP contribution < -0.4 is 5.32 Å². The number of imidazole rings is 1. The summed E-state index contributed by atoms with van der Waals surface area (Å²) in [5.74, 6) is 0. The fourth-order valence-corrected chi connectivity index (χ4v) is 1.61. The van der Waals surface area contributed by atoms with Gasteiger partial charge < -0.3 is 14.6 Å². The molecule has 0 aliphatic heterocycles. The van der Waals surface area contributed by atoms with E-state index in [1.54, 1.807) is 7.11 Å². The molecule has 0 radical (unpaired) electrons. The van der Waals surface area contributed by atoms with Crippen molar-refractivity contribution in [3.8, 4) is 0 Å². The van der Waals surface area contributed by atoms with Crippen molar-refractivity contribution in [3.63, 3.8) is 0 Å². The zero-order valence-corrected chi connectivity index (χ0v) is 10.7. The fourth-order valence-electron chi connectivity index (χ4n) is 1.61. The van der Waals surface area contributed by atoms with E-state index in [1.165, 1.54) is 5.69 Å². The summed E-state index contributed by atoms with van der Waals surface area (Å²) in [6.07, 6.45) is 4.85. The molecular formula is C12H23N3O. The maximum absolute atomic E-state index is 5.05. The van der Waals surface area contributed by atoms with E-state index in [4.69, 9.17) is 4.74 Å². The van der Waals surface area contributed by atoms with Crippen LogP contribution in [0.4, 0.5) is 0 Å². The molecule has 4 heteroatoms. The van der Waals surface area contributed by atoms with Crippen molar-refractivity contribution < 1.29 is 4.74 Å². The summed E-state index contributed by atoms with van der Waals surface area (Å²) < 4.78 is 7.24. The van der Waals surface area contributed by atoms with Crippen LogP contribution in [0.1, 0.15) is 38.9 Å². The Morgan fingerprint density at radius 1 is 1.44 bits per heavy atom. The summed E-state index contributed by atoms with van der Waals surface area (Å²) in [5, 5.41) is 3.47. The van der Waals surface area contributed by atoms with Gasteiger partial charge in [0.2, 0.25) is 0 Å². The van der Waals surface area contributed by atoms with Crippen LogP contribution in [0.15, 0.2) is 12.5 Å². The topological polar surface area (TPSA) is 39.1 Å². The van der Waals surface area contributed by atoms with Gasteiger partial charge in [-0.1, -0.05) is 0 Å². The van der Waals surface area contributed by atoms with Gasteiger partial charge in [0.05, 0.1) is 12.0 Å². The molecule has 1 N–H and O–H groups in total. The highest BCUT2D eigenvalue weighted by Crippen LogP contribution is 2.08. The Kier molecular flexibility index (Phi) is 5.49. The van der Waals surface area contributed by atoms with E-state index in [-0.39, 0.29) is 0 Å². The van der Waals surface area contributed by atoms with Gasteiger partial charge in [-0.15, -0.1) is 0 Å². The number of hydrogen-bond donors (Lipinski definition) is 1. The molecule has 1 unspecified atom stereocenters. The average Bonchev–Trinajstić information content (AvgIpc) is 2.71. The monoisotopic (exact) mass is 225 g/mol. The van der Waals surface area contributed by atoms with Crippen LogP contribution in [0.2, 0.25) is 0 Å². The van der Waals surface area contributed by atoms with Crippen molar-refractivity contribution in [3.05, 3.63) is 18.2 Å². The molecule has 4 nitrogen and oxygen atoms in total. The van der Waals surface area contributed by atoms with E-state index < -0.39 is 0 Å². The first-order valence-corrected chi connectivity index (χ1v) is 5.88. The Morgan fingerprint density at radius 3 is 2.81 bits per heavy atom. The zero-order chi connectivity index (χ0) is 12.0. The van der Waals surface area contributed by atoms with Crippen LogP contribution in [-0.4, -0.2) is 29.3 Å². The van der Waals surface area contributed by atoms with Crippen molar-refractivity contribution in [2.24, 2.45) is 0 Å². The van der Waals surface area contributed by atoms with E-state index in [2.05, 4.69) is 35.6 Å². The Bertz CT molecular complexity index is 296. The van der Waals surface area contributed by atoms with Crippen molar-refractivity contribution in [2.75, 3.05) is 13.7 Å². The lowest BCUT2D eigenvalue weighted by atomic mass is 10.2. The van der Waals surface area contributed by atoms with Gasteiger partial charge >= 0.3 is 0 Å². The molecule has 1 atom stereocenters. The molecule has 0 saturated carbocycles. The molecule has 92 valence electrons. The highest BCUT2D eigenvalue weighted by Gasteiger charge is 2.06. The van der Waals surface area contributed by atoms with Crippen LogP contribution in [0.3, 0.4) is 0 Å². The lowest BCUT2D eigenvalue weighted by Gasteiger charge is -2.16. The van der Waals surface area contributed by atoms with E-state index >= 15 is 0 Å². The molecule has 0 saturated heterocycles. The predicted molar refractivity (Wildman–Crippen MR) is 65.4 cm³/mol. The second kappa shape index (κ2) is 6.66. The van der Waals surface area contributed by atoms with Crippen LogP contribution in [-0.2, 0) is 11.3 Å². The largest absolute Gasteiger partial charge is 0.385 e. The molecule has 0 aliphatic carbocycles. The molecule has 0 aliphatic rings. The van der Waals surface area contributed by atoms with Crippen molar-refractivity contribution in [1.82, 2.24) is 14.9 Å². The number of nitrogens with one attached hydrogen (secondary N) is 1. The van der Waals surface area contributed by atoms with E-state index in [1.807, 2.05) is 12.5 Å². The molecule has 1 aromatic rings. The highest BCUT2D eigenvalue weighted by atomic mass is 16.5. The Morgan fingerprint density at radius 2 is 2.19 bits per heavy atom. The Labute approximate surface area is 98.0 Å². The van der Waals surface area contributed by atoms with Gasteiger partial charge in [-0.2, -0.15) is 0 Å². The average molecular weight is 225 g/mol. The Balaban J connectivity index is 2.39. The lowest BCUT2D eigenvalue weighted by molar-refractivity contribution is 0.184. The second-order valence-electron chi connectivity index (χ2n) is 4.45. The minimum Gasteiger partial charge on any atom is -0.385 e. The van der Waals surface area contributed by atoms with E-state index in [0.29, 0.717) is 12.1 Å². The first-order chi connectivity index (χ1) is 7.65. The SMILES string of the molecule is COCCC(C)NCc1cncn1C(C)C. The highest BCUT2D eigenvalue weighted by molar-refractivity contribution is 4.99. The summed E-state index contributed by atoms with van der Waals surface area (Å²) in [5.41, 5.74) is 1.24. The number of rotatable bonds is 7. The van der Waals surface area contributed by atoms with Crippen LogP contribution in [0.5, 0.6) is 0 Å². The first-order valence-electron chi connectivity index (χ1n) is 5.88. The number of nitrogens with zero attached hydrogens (tertiary/aromatic N) is 2. The van der Waals surface area contributed by atoms with Crippen LogP contribution in [0, 0.1) is 0 Å². The standard InChI is InChI=1S/C12H23N3O/c1-10(2)15-9-13-7-12(15)8-14-11(3)5-6-16-4/h7,9-11,14H,5-6,8H2,1-4H3. The Hall–Kier alpha value is -0.870. The van der Waals surface area contributed by atoms with Crippen molar-refractivity contribution in [2.45, 2.75) is 45.8 Å². The normalized spacial score (nSPS) is 13.3. The molecule has 16 heavy (non-hydrogen) atoms. The molecule has 1 heterocycles. The number of methoxy groups -OCH3 is 1. The number of aromatic nitrogens is 2. The number of ether oxygens (including phenoxy) is 1. The van der Waals surface area contributed by atoms with Gasteiger partial charge in [-0.05, 0) is 27.2 Å². The zero-order valence-electron chi connectivity index (χ0n) is 10.7. The smallest absolute Gasteiger partial charge is 0.0951 e.